The van der Waals surface area contributed by atoms with E-state index in [1.54, 1.807) is 12.1 Å². The number of hydrogen-bond donors (Lipinski definition) is 2. The minimum Gasteiger partial charge on any atom is -0.493 e. The summed E-state index contributed by atoms with van der Waals surface area (Å²) in [4.78, 5) is 24.0. The molecule has 0 radical (unpaired) electrons. The van der Waals surface area contributed by atoms with Crippen molar-refractivity contribution < 1.29 is 22.3 Å². The van der Waals surface area contributed by atoms with Gasteiger partial charge in [0.15, 0.2) is 5.03 Å². The molecule has 3 aromatic rings. The van der Waals surface area contributed by atoms with Gasteiger partial charge >= 0.3 is 0 Å². The van der Waals surface area contributed by atoms with Crippen molar-refractivity contribution in [1.29, 1.82) is 0 Å². The summed E-state index contributed by atoms with van der Waals surface area (Å²) >= 11 is 0. The number of pyridine rings is 2. The van der Waals surface area contributed by atoms with Gasteiger partial charge < -0.3 is 15.4 Å². The van der Waals surface area contributed by atoms with E-state index in [1.165, 1.54) is 36.4 Å². The summed E-state index contributed by atoms with van der Waals surface area (Å²) in [6, 6.07) is 11.7. The number of ether oxygens (including phenoxy) is 1. The molecule has 2 fully saturated rings. The van der Waals surface area contributed by atoms with E-state index in [-0.39, 0.29) is 27.9 Å². The highest BCUT2D eigenvalue weighted by atomic mass is 32.2. The lowest BCUT2D eigenvalue weighted by molar-refractivity contribution is 0.0981. The van der Waals surface area contributed by atoms with Crippen LogP contribution in [0, 0.1) is 11.7 Å². The molecule has 5 rings (SSSR count). The maximum absolute atomic E-state index is 14.5. The second kappa shape index (κ2) is 9.86. The number of aromatic nitrogens is 2. The number of benzene rings is 1. The monoisotopic (exact) mass is 539 g/mol. The smallest absolute Gasteiger partial charge is 0.281 e. The van der Waals surface area contributed by atoms with E-state index in [1.807, 2.05) is 13.8 Å². The molecule has 2 aromatic heterocycles. The minimum absolute atomic E-state index is 0.0200. The number of rotatable bonds is 8. The van der Waals surface area contributed by atoms with Crippen LogP contribution in [-0.2, 0) is 10.0 Å². The summed E-state index contributed by atoms with van der Waals surface area (Å²) in [6.07, 6.45) is 3.85. The molecule has 9 nitrogen and oxygen atoms in total. The van der Waals surface area contributed by atoms with E-state index in [9.17, 15) is 17.6 Å². The molecule has 3 N–H and O–H groups in total. The molecule has 0 unspecified atom stereocenters. The van der Waals surface area contributed by atoms with Crippen LogP contribution in [0.1, 0.15) is 49.9 Å². The van der Waals surface area contributed by atoms with Gasteiger partial charge in [-0.05, 0) is 68.0 Å². The Morgan fingerprint density at radius 1 is 1.16 bits per heavy atom. The van der Waals surface area contributed by atoms with Crippen molar-refractivity contribution >= 4 is 27.6 Å². The average molecular weight is 540 g/mol. The standard InChI is InChI=1S/C27H30FN5O4S/c1-17(2)16-37-20-14-18(13-19(28)15-20)22-8-7-21(25(30-22)33-12-4-9-27(33)10-11-27)26(34)32-38(35,36)24-6-3-5-23(29)31-24/h3,5-8,13-15,17H,4,9-12,16H2,1-2H3,(H2,29,31)(H,32,34). The third kappa shape index (κ3) is 5.28. The molecule has 1 saturated carbocycles. The fraction of sp³-hybridized carbons (Fsp3) is 0.370. The summed E-state index contributed by atoms with van der Waals surface area (Å²) in [5.41, 5.74) is 6.61. The zero-order valence-electron chi connectivity index (χ0n) is 21.3. The molecule has 38 heavy (non-hydrogen) atoms. The van der Waals surface area contributed by atoms with Gasteiger partial charge in [0.1, 0.15) is 23.2 Å². The van der Waals surface area contributed by atoms with Gasteiger partial charge in [-0.25, -0.2) is 19.1 Å². The van der Waals surface area contributed by atoms with Crippen LogP contribution >= 0.6 is 0 Å². The van der Waals surface area contributed by atoms with Crippen LogP contribution in [-0.4, -0.2) is 43.0 Å². The van der Waals surface area contributed by atoms with Crippen molar-refractivity contribution in [3.8, 4) is 17.0 Å². The quantitative estimate of drug-likeness (QED) is 0.437. The molecule has 3 heterocycles. The Bertz CT molecular complexity index is 1490. The highest BCUT2D eigenvalue weighted by Crippen LogP contribution is 2.51. The first-order chi connectivity index (χ1) is 18.1. The number of carbonyl (C=O) groups is 1. The summed E-state index contributed by atoms with van der Waals surface area (Å²) < 4.78 is 48.1. The third-order valence-corrected chi connectivity index (χ3v) is 8.03. The molecular weight excluding hydrogens is 509 g/mol. The molecule has 11 heteroatoms. The van der Waals surface area contributed by atoms with Crippen LogP contribution in [0.2, 0.25) is 0 Å². The lowest BCUT2D eigenvalue weighted by atomic mass is 10.1. The molecular formula is C27H30FN5O4S. The largest absolute Gasteiger partial charge is 0.493 e. The van der Waals surface area contributed by atoms with Gasteiger partial charge in [-0.2, -0.15) is 8.42 Å². The van der Waals surface area contributed by atoms with Crippen LogP contribution in [0.15, 0.2) is 53.6 Å². The first kappa shape index (κ1) is 25.9. The molecule has 200 valence electrons. The minimum atomic E-state index is -4.27. The van der Waals surface area contributed by atoms with Crippen molar-refractivity contribution in [2.24, 2.45) is 5.92 Å². The van der Waals surface area contributed by atoms with Gasteiger partial charge in [0.05, 0.1) is 17.9 Å². The Kier molecular flexibility index (Phi) is 6.72. The Balaban J connectivity index is 1.52. The number of halogens is 1. The first-order valence-corrected chi connectivity index (χ1v) is 14.1. The second-order valence-electron chi connectivity index (χ2n) is 10.3. The van der Waals surface area contributed by atoms with Crippen molar-refractivity contribution in [2.75, 3.05) is 23.8 Å². The number of nitrogens with two attached hydrogens (primary N) is 1. The first-order valence-electron chi connectivity index (χ1n) is 12.6. The maximum atomic E-state index is 14.5. The summed E-state index contributed by atoms with van der Waals surface area (Å²) in [5, 5.41) is -0.356. The van der Waals surface area contributed by atoms with Gasteiger partial charge in [0, 0.05) is 23.7 Å². The van der Waals surface area contributed by atoms with Crippen molar-refractivity contribution in [1.82, 2.24) is 14.7 Å². The van der Waals surface area contributed by atoms with Gasteiger partial charge in [-0.15, -0.1) is 0 Å². The highest BCUT2D eigenvalue weighted by molar-refractivity contribution is 7.90. The van der Waals surface area contributed by atoms with Gasteiger partial charge in [-0.3, -0.25) is 4.79 Å². The Labute approximate surface area is 221 Å². The fourth-order valence-electron chi connectivity index (χ4n) is 4.79. The van der Waals surface area contributed by atoms with E-state index in [0.29, 0.717) is 36.0 Å². The molecule has 1 saturated heterocycles. The molecule has 1 amide bonds. The number of carbonyl (C=O) groups excluding carboxylic acids is 1. The molecule has 1 aromatic carbocycles. The van der Waals surface area contributed by atoms with Gasteiger partial charge in [0.25, 0.3) is 15.9 Å². The lowest BCUT2D eigenvalue weighted by Gasteiger charge is -2.28. The summed E-state index contributed by atoms with van der Waals surface area (Å²) in [6.45, 7) is 5.13. The van der Waals surface area contributed by atoms with Crippen LogP contribution in [0.5, 0.6) is 5.75 Å². The predicted molar refractivity (Wildman–Crippen MR) is 142 cm³/mol. The number of nitrogens with zero attached hydrogens (tertiary/aromatic N) is 3. The van der Waals surface area contributed by atoms with Crippen LogP contribution in [0.25, 0.3) is 11.3 Å². The second-order valence-corrected chi connectivity index (χ2v) is 11.9. The van der Waals surface area contributed by atoms with Gasteiger partial charge in [-0.1, -0.05) is 19.9 Å². The van der Waals surface area contributed by atoms with E-state index in [2.05, 4.69) is 14.6 Å². The summed E-state index contributed by atoms with van der Waals surface area (Å²) in [5.74, 6) is -0.239. The van der Waals surface area contributed by atoms with Crippen LogP contribution in [0.3, 0.4) is 0 Å². The Morgan fingerprint density at radius 2 is 1.95 bits per heavy atom. The number of nitrogens with one attached hydrogen (secondary N) is 1. The van der Waals surface area contributed by atoms with Crippen LogP contribution < -0.4 is 20.1 Å². The summed E-state index contributed by atoms with van der Waals surface area (Å²) in [7, 11) is -4.27. The normalized spacial score (nSPS) is 16.2. The third-order valence-electron chi connectivity index (χ3n) is 6.80. The lowest BCUT2D eigenvalue weighted by Crippen LogP contribution is -2.36. The molecule has 1 spiro atoms. The van der Waals surface area contributed by atoms with Crippen LogP contribution in [0.4, 0.5) is 16.0 Å². The van der Waals surface area contributed by atoms with Crippen molar-refractivity contribution in [3.63, 3.8) is 0 Å². The van der Waals surface area contributed by atoms with Gasteiger partial charge in [0.2, 0.25) is 0 Å². The number of sulfonamides is 1. The number of amides is 1. The van der Waals surface area contributed by atoms with Crippen molar-refractivity contribution in [3.05, 3.63) is 59.9 Å². The Hall–Kier alpha value is -3.73. The molecule has 2 aliphatic rings. The predicted octanol–water partition coefficient (Wildman–Crippen LogP) is 4.15. The van der Waals surface area contributed by atoms with E-state index >= 15 is 0 Å². The molecule has 1 aliphatic carbocycles. The zero-order valence-corrected chi connectivity index (χ0v) is 22.1. The van der Waals surface area contributed by atoms with E-state index in [0.717, 1.165) is 25.7 Å². The SMILES string of the molecule is CC(C)COc1cc(F)cc(-c2ccc(C(=O)NS(=O)(=O)c3cccc(N)n3)c(N3CCCC34CC4)n2)c1. The number of anilines is 2. The fourth-order valence-corrected chi connectivity index (χ4v) is 5.73. The number of nitrogen functional groups attached to an aromatic ring is 1. The molecule has 1 aliphatic heterocycles. The Morgan fingerprint density at radius 3 is 2.66 bits per heavy atom. The highest BCUT2D eigenvalue weighted by Gasteiger charge is 2.52. The van der Waals surface area contributed by atoms with Crippen molar-refractivity contribution in [2.45, 2.75) is 50.1 Å². The topological polar surface area (TPSA) is 128 Å². The van der Waals surface area contributed by atoms with E-state index < -0.39 is 21.7 Å². The van der Waals surface area contributed by atoms with E-state index in [4.69, 9.17) is 15.5 Å². The maximum Gasteiger partial charge on any atom is 0.281 e. The molecule has 0 bridgehead atoms. The molecule has 0 atom stereocenters. The zero-order chi connectivity index (χ0) is 27.1. The average Bonchev–Trinajstić information content (AvgIpc) is 3.52. The number of hydrogen-bond acceptors (Lipinski definition) is 8.